The lowest BCUT2D eigenvalue weighted by Gasteiger charge is -2.46. The van der Waals surface area contributed by atoms with Gasteiger partial charge in [-0.2, -0.15) is 0 Å². The van der Waals surface area contributed by atoms with Crippen LogP contribution in [0, 0.1) is 0 Å². The second kappa shape index (κ2) is 39.5. The van der Waals surface area contributed by atoms with Gasteiger partial charge in [-0.05, 0) is 19.3 Å². The topological polar surface area (TPSA) is 228 Å². The van der Waals surface area contributed by atoms with Gasteiger partial charge in [0.25, 0.3) is 0 Å². The van der Waals surface area contributed by atoms with Gasteiger partial charge in [-0.15, -0.1) is 0 Å². The molecule has 0 aliphatic carbocycles. The summed E-state index contributed by atoms with van der Waals surface area (Å²) in [4.78, 5) is 13.2. The van der Waals surface area contributed by atoms with Crippen LogP contribution in [0.1, 0.15) is 219 Å². The van der Waals surface area contributed by atoms with Gasteiger partial charge in [-0.3, -0.25) is 4.79 Å². The Morgan fingerprint density at radius 3 is 1.39 bits per heavy atom. The van der Waals surface area contributed by atoms with E-state index < -0.39 is 86.8 Å². The predicted octanol–water partition coefficient (Wildman–Crippen LogP) is 7.55. The molecule has 66 heavy (non-hydrogen) atoms. The molecule has 9 N–H and O–H groups in total. The molecule has 390 valence electrons. The number of rotatable bonds is 42. The lowest BCUT2D eigenvalue weighted by atomic mass is 9.97. The maximum absolute atomic E-state index is 13.2. The Bertz CT molecular complexity index is 1160. The van der Waals surface area contributed by atoms with E-state index in [4.69, 9.17) is 18.9 Å². The molecule has 2 heterocycles. The molecule has 2 aliphatic rings. The maximum atomic E-state index is 13.2. The SMILES string of the molecule is CCCCCCCCCC/C=C/C(O)C(COC1OC(CO)C(OC2OC(CO)C(O)C(O)C2O)C(O)C1O)NC(=O)CCCCCCCCCCCCCCCCCCCCCCCC. The molecule has 0 saturated carbocycles. The Morgan fingerprint density at radius 2 is 0.939 bits per heavy atom. The quantitative estimate of drug-likeness (QED) is 0.0213. The number of carbonyl (C=O) groups is 1. The van der Waals surface area contributed by atoms with Crippen LogP contribution in [0.3, 0.4) is 0 Å². The third-order valence-corrected chi connectivity index (χ3v) is 13.5. The van der Waals surface area contributed by atoms with Crippen LogP contribution in [0.25, 0.3) is 0 Å². The van der Waals surface area contributed by atoms with Gasteiger partial charge in [0, 0.05) is 6.42 Å². The molecule has 12 atom stereocenters. The van der Waals surface area contributed by atoms with Gasteiger partial charge >= 0.3 is 0 Å². The number of unbranched alkanes of at least 4 members (excludes halogenated alkanes) is 29. The van der Waals surface area contributed by atoms with E-state index in [1.165, 1.54) is 154 Å². The minimum atomic E-state index is -1.78. The molecule has 1 amide bonds. The van der Waals surface area contributed by atoms with Crippen molar-refractivity contribution in [2.45, 2.75) is 293 Å². The van der Waals surface area contributed by atoms with Crippen molar-refractivity contribution in [1.82, 2.24) is 5.32 Å². The van der Waals surface area contributed by atoms with Crippen molar-refractivity contribution in [3.63, 3.8) is 0 Å². The molecule has 0 aromatic heterocycles. The largest absolute Gasteiger partial charge is 0.394 e. The first kappa shape index (κ1) is 60.9. The van der Waals surface area contributed by atoms with Crippen molar-refractivity contribution in [3.8, 4) is 0 Å². The lowest BCUT2D eigenvalue weighted by Crippen LogP contribution is -2.65. The molecule has 0 aromatic carbocycles. The van der Waals surface area contributed by atoms with Crippen molar-refractivity contribution < 1.29 is 64.6 Å². The highest BCUT2D eigenvalue weighted by atomic mass is 16.7. The summed E-state index contributed by atoms with van der Waals surface area (Å²) in [6.45, 7) is 2.78. The standard InChI is InChI=1S/C52H99NO13/c1-3-5-7-9-11-13-15-16-17-18-19-20-21-22-23-24-25-26-28-30-32-34-36-44(57)53-40(41(56)35-33-31-29-27-14-12-10-8-6-4-2)39-63-51-49(62)47(60)50(43(38-55)65-51)66-52-48(61)46(59)45(58)42(37-54)64-52/h33,35,40-43,45-52,54-56,58-62H,3-32,34,36-39H2,1-2H3,(H,53,57)/b35-33+. The molecule has 0 radical (unpaired) electrons. The molecule has 2 aliphatic heterocycles. The van der Waals surface area contributed by atoms with E-state index in [0.29, 0.717) is 6.42 Å². The summed E-state index contributed by atoms with van der Waals surface area (Å²) < 4.78 is 22.7. The maximum Gasteiger partial charge on any atom is 0.220 e. The van der Waals surface area contributed by atoms with Crippen LogP contribution < -0.4 is 5.32 Å². The second-order valence-corrected chi connectivity index (χ2v) is 19.4. The highest BCUT2D eigenvalue weighted by Gasteiger charge is 2.51. The Balaban J connectivity index is 1.75. The number of ether oxygens (including phenoxy) is 4. The van der Waals surface area contributed by atoms with Gasteiger partial charge < -0.3 is 65.1 Å². The monoisotopic (exact) mass is 946 g/mol. The summed E-state index contributed by atoms with van der Waals surface area (Å²) >= 11 is 0. The Labute approximate surface area is 399 Å². The number of allylic oxidation sites excluding steroid dienone is 1. The Hall–Kier alpha value is -1.27. The predicted molar refractivity (Wildman–Crippen MR) is 259 cm³/mol. The number of aliphatic hydroxyl groups excluding tert-OH is 8. The summed E-state index contributed by atoms with van der Waals surface area (Å²) in [6, 6.07) is -0.907. The number of nitrogens with one attached hydrogen (secondary N) is 1. The minimum Gasteiger partial charge on any atom is -0.394 e. The second-order valence-electron chi connectivity index (χ2n) is 19.4. The zero-order valence-corrected chi connectivity index (χ0v) is 41.5. The van der Waals surface area contributed by atoms with Crippen LogP contribution in [0.2, 0.25) is 0 Å². The fourth-order valence-electron chi connectivity index (χ4n) is 9.06. The first-order valence-electron chi connectivity index (χ1n) is 26.9. The summed E-state index contributed by atoms with van der Waals surface area (Å²) in [7, 11) is 0. The summed E-state index contributed by atoms with van der Waals surface area (Å²) in [5.74, 6) is -0.237. The van der Waals surface area contributed by atoms with Crippen LogP contribution in [0.4, 0.5) is 0 Å². The number of hydrogen-bond acceptors (Lipinski definition) is 13. The molecular formula is C52H99NO13. The average molecular weight is 946 g/mol. The smallest absolute Gasteiger partial charge is 0.220 e. The van der Waals surface area contributed by atoms with Gasteiger partial charge in [0.1, 0.15) is 48.8 Å². The third kappa shape index (κ3) is 26.1. The number of aliphatic hydroxyl groups is 8. The summed E-state index contributed by atoms with van der Waals surface area (Å²) in [5, 5.41) is 86.7. The molecule has 0 bridgehead atoms. The van der Waals surface area contributed by atoms with Crippen LogP contribution in [0.5, 0.6) is 0 Å². The Kier molecular flexibility index (Phi) is 36.4. The third-order valence-electron chi connectivity index (χ3n) is 13.5. The van der Waals surface area contributed by atoms with Gasteiger partial charge in [0.15, 0.2) is 12.6 Å². The number of amides is 1. The Morgan fingerprint density at radius 1 is 0.530 bits per heavy atom. The van der Waals surface area contributed by atoms with Crippen molar-refractivity contribution in [2.24, 2.45) is 0 Å². The zero-order valence-electron chi connectivity index (χ0n) is 41.5. The van der Waals surface area contributed by atoms with Crippen LogP contribution in [-0.2, 0) is 23.7 Å². The first-order valence-corrected chi connectivity index (χ1v) is 26.9. The summed E-state index contributed by atoms with van der Waals surface area (Å²) in [6.07, 6.45) is 25.5. The molecule has 14 nitrogen and oxygen atoms in total. The van der Waals surface area contributed by atoms with Crippen molar-refractivity contribution >= 4 is 5.91 Å². The van der Waals surface area contributed by atoms with E-state index in [0.717, 1.165) is 38.5 Å². The molecule has 2 rings (SSSR count). The van der Waals surface area contributed by atoms with E-state index in [-0.39, 0.29) is 18.9 Å². The van der Waals surface area contributed by atoms with Crippen molar-refractivity contribution in [1.29, 1.82) is 0 Å². The van der Waals surface area contributed by atoms with Crippen LogP contribution in [0.15, 0.2) is 12.2 Å². The van der Waals surface area contributed by atoms with Gasteiger partial charge in [0.2, 0.25) is 5.91 Å². The van der Waals surface area contributed by atoms with Crippen LogP contribution >= 0.6 is 0 Å². The van der Waals surface area contributed by atoms with Gasteiger partial charge in [-0.1, -0.05) is 206 Å². The summed E-state index contributed by atoms with van der Waals surface area (Å²) in [5.41, 5.74) is 0. The van der Waals surface area contributed by atoms with E-state index in [2.05, 4.69) is 19.2 Å². The fraction of sp³-hybridized carbons (Fsp3) is 0.942. The highest BCUT2D eigenvalue weighted by Crippen LogP contribution is 2.30. The average Bonchev–Trinajstić information content (AvgIpc) is 3.31. The molecule has 2 fully saturated rings. The highest BCUT2D eigenvalue weighted by molar-refractivity contribution is 5.76. The van der Waals surface area contributed by atoms with E-state index >= 15 is 0 Å². The van der Waals surface area contributed by atoms with Crippen molar-refractivity contribution in [3.05, 3.63) is 12.2 Å². The fourth-order valence-corrected chi connectivity index (χ4v) is 9.06. The van der Waals surface area contributed by atoms with Crippen LogP contribution in [-0.4, -0.2) is 140 Å². The zero-order chi connectivity index (χ0) is 48.2. The number of hydrogen-bond donors (Lipinski definition) is 9. The van der Waals surface area contributed by atoms with E-state index in [1.54, 1.807) is 6.08 Å². The van der Waals surface area contributed by atoms with Gasteiger partial charge in [0.05, 0.1) is 32.0 Å². The van der Waals surface area contributed by atoms with E-state index in [1.807, 2.05) is 6.08 Å². The van der Waals surface area contributed by atoms with E-state index in [9.17, 15) is 45.6 Å². The molecule has 0 spiro atoms. The normalized spacial score (nSPS) is 26.8. The van der Waals surface area contributed by atoms with Crippen molar-refractivity contribution in [2.75, 3.05) is 19.8 Å². The molecular weight excluding hydrogens is 847 g/mol. The van der Waals surface area contributed by atoms with Gasteiger partial charge in [-0.25, -0.2) is 0 Å². The minimum absolute atomic E-state index is 0.237. The lowest BCUT2D eigenvalue weighted by molar-refractivity contribution is -0.359. The molecule has 14 heteroatoms. The number of carbonyl (C=O) groups excluding carboxylic acids is 1. The molecule has 0 aromatic rings. The first-order chi connectivity index (χ1) is 32.1. The molecule has 2 saturated heterocycles. The molecule has 12 unspecified atom stereocenters.